The predicted octanol–water partition coefficient (Wildman–Crippen LogP) is 1.45. The number of carbonyl (C=O) groups is 1. The summed E-state index contributed by atoms with van der Waals surface area (Å²) in [6.07, 6.45) is 0.829. The molecular weight excluding hydrogens is 244 g/mol. The number of ether oxygens (including phenoxy) is 1. The fourth-order valence-corrected chi connectivity index (χ4v) is 2.34. The highest BCUT2D eigenvalue weighted by atomic mass is 16.5. The summed E-state index contributed by atoms with van der Waals surface area (Å²) < 4.78 is 6.43. The number of carbonyl (C=O) groups excluding carboxylic acids is 1. The number of methoxy groups -OCH3 is 1. The summed E-state index contributed by atoms with van der Waals surface area (Å²) >= 11 is 0. The zero-order chi connectivity index (χ0) is 13.4. The molecule has 0 radical (unpaired) electrons. The lowest BCUT2D eigenvalue weighted by atomic mass is 10.1. The number of primary amides is 1. The molecule has 2 aromatic rings. The Morgan fingerprint density at radius 2 is 2.37 bits per heavy atom. The monoisotopic (exact) mass is 258 g/mol. The molecule has 3 N–H and O–H groups in total. The first-order valence-electron chi connectivity index (χ1n) is 6.00. The topological polar surface area (TPSA) is 82.2 Å². The predicted molar refractivity (Wildman–Crippen MR) is 71.4 cm³/mol. The van der Waals surface area contributed by atoms with Crippen LogP contribution in [0.5, 0.6) is 5.75 Å². The Morgan fingerprint density at radius 3 is 3.11 bits per heavy atom. The van der Waals surface area contributed by atoms with E-state index < -0.39 is 6.03 Å². The molecule has 19 heavy (non-hydrogen) atoms. The van der Waals surface area contributed by atoms with E-state index in [1.165, 1.54) is 4.68 Å². The Bertz CT molecular complexity index is 648. The lowest BCUT2D eigenvalue weighted by molar-refractivity contribution is 0.248. The molecule has 1 aliphatic rings. The van der Waals surface area contributed by atoms with Crippen LogP contribution in [0.25, 0.3) is 11.3 Å². The van der Waals surface area contributed by atoms with Gasteiger partial charge in [-0.15, -0.1) is 0 Å². The lowest BCUT2D eigenvalue weighted by Gasteiger charge is -2.03. The van der Waals surface area contributed by atoms with Crippen molar-refractivity contribution >= 4 is 11.8 Å². The molecule has 0 spiro atoms. The highest BCUT2D eigenvalue weighted by Gasteiger charge is 2.25. The van der Waals surface area contributed by atoms with Crippen LogP contribution in [0.4, 0.5) is 10.6 Å². The third-order valence-electron chi connectivity index (χ3n) is 3.20. The summed E-state index contributed by atoms with van der Waals surface area (Å²) in [5, 5.41) is 7.44. The molecule has 6 heteroatoms. The molecular formula is C13H14N4O2. The Labute approximate surface area is 110 Å². The first kappa shape index (κ1) is 11.6. The van der Waals surface area contributed by atoms with Gasteiger partial charge >= 0.3 is 6.03 Å². The third kappa shape index (κ3) is 1.81. The second kappa shape index (κ2) is 4.31. The Kier molecular flexibility index (Phi) is 2.63. The number of nitrogens with zero attached hydrogens (tertiary/aromatic N) is 2. The third-order valence-corrected chi connectivity index (χ3v) is 3.20. The number of fused-ring (bicyclic) bond motifs is 1. The van der Waals surface area contributed by atoms with E-state index in [0.29, 0.717) is 5.82 Å². The minimum atomic E-state index is -0.584. The van der Waals surface area contributed by atoms with Gasteiger partial charge in [0.15, 0.2) is 0 Å². The van der Waals surface area contributed by atoms with Crippen LogP contribution in [0, 0.1) is 0 Å². The van der Waals surface area contributed by atoms with Crippen molar-refractivity contribution in [3.05, 3.63) is 29.8 Å². The van der Waals surface area contributed by atoms with Gasteiger partial charge in [-0.2, -0.15) is 9.78 Å². The fraction of sp³-hybridized carbons (Fsp3) is 0.231. The normalized spacial score (nSPS) is 12.9. The van der Waals surface area contributed by atoms with Gasteiger partial charge in [0.05, 0.1) is 12.8 Å². The van der Waals surface area contributed by atoms with Crippen LogP contribution >= 0.6 is 0 Å². The van der Waals surface area contributed by atoms with E-state index in [2.05, 4.69) is 10.4 Å². The lowest BCUT2D eigenvalue weighted by Crippen LogP contribution is -2.22. The van der Waals surface area contributed by atoms with Gasteiger partial charge in [-0.3, -0.25) is 0 Å². The molecule has 3 rings (SSSR count). The van der Waals surface area contributed by atoms with Gasteiger partial charge in [0, 0.05) is 17.7 Å². The summed E-state index contributed by atoms with van der Waals surface area (Å²) in [5.74, 6) is 1.45. The quantitative estimate of drug-likeness (QED) is 0.854. The maximum Gasteiger partial charge on any atom is 0.341 e. The number of anilines is 1. The molecule has 6 nitrogen and oxygen atoms in total. The Morgan fingerprint density at radius 1 is 1.53 bits per heavy atom. The summed E-state index contributed by atoms with van der Waals surface area (Å²) in [6.45, 7) is 0.789. The molecule has 0 bridgehead atoms. The maximum atomic E-state index is 11.4. The summed E-state index contributed by atoms with van der Waals surface area (Å²) in [5.41, 5.74) is 8.04. The van der Waals surface area contributed by atoms with Crippen molar-refractivity contribution in [2.75, 3.05) is 19.0 Å². The number of hydrogen-bond acceptors (Lipinski definition) is 4. The summed E-state index contributed by atoms with van der Waals surface area (Å²) in [4.78, 5) is 11.4. The molecule has 1 amide bonds. The van der Waals surface area contributed by atoms with Crippen molar-refractivity contribution in [1.82, 2.24) is 9.78 Å². The average molecular weight is 258 g/mol. The average Bonchev–Trinajstić information content (AvgIpc) is 2.99. The van der Waals surface area contributed by atoms with Gasteiger partial charge in [-0.05, 0) is 18.6 Å². The van der Waals surface area contributed by atoms with E-state index in [1.54, 1.807) is 7.11 Å². The molecule has 98 valence electrons. The van der Waals surface area contributed by atoms with Gasteiger partial charge in [0.2, 0.25) is 0 Å². The second-order valence-electron chi connectivity index (χ2n) is 4.33. The molecule has 0 aliphatic carbocycles. The minimum Gasteiger partial charge on any atom is -0.497 e. The van der Waals surface area contributed by atoms with Gasteiger partial charge in [-0.25, -0.2) is 4.79 Å². The number of rotatable bonds is 2. The van der Waals surface area contributed by atoms with Crippen molar-refractivity contribution < 1.29 is 9.53 Å². The van der Waals surface area contributed by atoms with Gasteiger partial charge in [0.25, 0.3) is 0 Å². The second-order valence-corrected chi connectivity index (χ2v) is 4.33. The molecule has 1 aromatic heterocycles. The van der Waals surface area contributed by atoms with Crippen LogP contribution in [-0.4, -0.2) is 29.5 Å². The number of nitrogens with one attached hydrogen (secondary N) is 1. The van der Waals surface area contributed by atoms with E-state index in [9.17, 15) is 4.79 Å². The van der Waals surface area contributed by atoms with Crippen LogP contribution in [0.15, 0.2) is 24.3 Å². The van der Waals surface area contributed by atoms with Crippen molar-refractivity contribution in [2.45, 2.75) is 6.42 Å². The number of amides is 1. The molecule has 1 aliphatic heterocycles. The fourth-order valence-electron chi connectivity index (χ4n) is 2.34. The Balaban J connectivity index is 2.15. The summed E-state index contributed by atoms with van der Waals surface area (Å²) in [6, 6.07) is 7.01. The van der Waals surface area contributed by atoms with Crippen LogP contribution in [0.1, 0.15) is 5.56 Å². The van der Waals surface area contributed by atoms with Crippen molar-refractivity contribution in [3.63, 3.8) is 0 Å². The van der Waals surface area contributed by atoms with Crippen LogP contribution < -0.4 is 15.8 Å². The number of hydrogen-bond donors (Lipinski definition) is 2. The molecule has 0 atom stereocenters. The van der Waals surface area contributed by atoms with Crippen LogP contribution in [-0.2, 0) is 6.42 Å². The van der Waals surface area contributed by atoms with Crippen molar-refractivity contribution in [1.29, 1.82) is 0 Å². The molecule has 2 heterocycles. The van der Waals surface area contributed by atoms with Gasteiger partial charge in [-0.1, -0.05) is 12.1 Å². The largest absolute Gasteiger partial charge is 0.497 e. The minimum absolute atomic E-state index is 0.584. The highest BCUT2D eigenvalue weighted by Crippen LogP contribution is 2.33. The molecule has 0 fully saturated rings. The zero-order valence-corrected chi connectivity index (χ0v) is 10.5. The first-order chi connectivity index (χ1) is 9.20. The van der Waals surface area contributed by atoms with Gasteiger partial charge < -0.3 is 15.8 Å². The van der Waals surface area contributed by atoms with Crippen molar-refractivity contribution in [2.24, 2.45) is 5.73 Å². The van der Waals surface area contributed by atoms with E-state index in [-0.39, 0.29) is 0 Å². The molecule has 1 aromatic carbocycles. The van der Waals surface area contributed by atoms with Crippen LogP contribution in [0.3, 0.4) is 0 Å². The summed E-state index contributed by atoms with van der Waals surface area (Å²) in [7, 11) is 1.62. The van der Waals surface area contributed by atoms with Crippen molar-refractivity contribution in [3.8, 4) is 17.0 Å². The van der Waals surface area contributed by atoms with E-state index in [1.807, 2.05) is 24.3 Å². The van der Waals surface area contributed by atoms with E-state index in [4.69, 9.17) is 10.5 Å². The Hall–Kier alpha value is -2.50. The SMILES string of the molecule is COc1cccc(-c2nn(C(N)=O)c3c2CCN3)c1. The van der Waals surface area contributed by atoms with E-state index >= 15 is 0 Å². The number of nitrogens with two attached hydrogens (primary N) is 1. The molecule has 0 saturated carbocycles. The highest BCUT2D eigenvalue weighted by molar-refractivity contribution is 5.83. The molecule has 0 saturated heterocycles. The zero-order valence-electron chi connectivity index (χ0n) is 10.5. The number of aromatic nitrogens is 2. The standard InChI is InChI=1S/C13H14N4O2/c1-19-9-4-2-3-8(7-9)11-10-5-6-15-12(10)17(16-11)13(14)18/h2-4,7,15H,5-6H2,1H3,(H2,14,18). The van der Waals surface area contributed by atoms with E-state index in [0.717, 1.165) is 35.5 Å². The smallest absolute Gasteiger partial charge is 0.341 e. The number of benzene rings is 1. The van der Waals surface area contributed by atoms with Gasteiger partial charge in [0.1, 0.15) is 11.6 Å². The molecule has 0 unspecified atom stereocenters. The maximum absolute atomic E-state index is 11.4. The first-order valence-corrected chi connectivity index (χ1v) is 6.00. The van der Waals surface area contributed by atoms with Crippen LogP contribution in [0.2, 0.25) is 0 Å².